The largest absolute Gasteiger partial charge is 0.436 e. The maximum atomic E-state index is 5.90. The number of nitrogens with two attached hydrogens (primary N) is 1. The number of nitrogens with zero attached hydrogens (tertiary/aromatic N) is 2. The summed E-state index contributed by atoms with van der Waals surface area (Å²) in [6.07, 6.45) is 0.721. The van der Waals surface area contributed by atoms with Crippen LogP contribution in [0, 0.1) is 0 Å². The van der Waals surface area contributed by atoms with E-state index in [1.54, 1.807) is 0 Å². The molecule has 0 unspecified atom stereocenters. The van der Waals surface area contributed by atoms with Gasteiger partial charge in [0.1, 0.15) is 5.52 Å². The SMILES string of the molecule is CCC(N)=Nc1ccc2oc(-c3ccc4ccccc4c3)nc2c1. The molecule has 0 spiro atoms. The number of oxazole rings is 1. The van der Waals surface area contributed by atoms with E-state index in [1.165, 1.54) is 10.8 Å². The van der Waals surface area contributed by atoms with Crippen molar-refractivity contribution in [3.05, 3.63) is 60.7 Å². The molecule has 118 valence electrons. The molecular formula is C20H17N3O. The molecule has 2 N–H and O–H groups in total. The molecule has 0 saturated heterocycles. The first kappa shape index (κ1) is 14.5. The van der Waals surface area contributed by atoms with Crippen molar-refractivity contribution < 1.29 is 4.42 Å². The fraction of sp³-hybridized carbons (Fsp3) is 0.100. The van der Waals surface area contributed by atoms with E-state index >= 15 is 0 Å². The van der Waals surface area contributed by atoms with Crippen LogP contribution in [0.25, 0.3) is 33.3 Å². The first-order valence-electron chi connectivity index (χ1n) is 7.96. The Morgan fingerprint density at radius 3 is 2.71 bits per heavy atom. The van der Waals surface area contributed by atoms with E-state index in [0.717, 1.165) is 28.8 Å². The van der Waals surface area contributed by atoms with Crippen LogP contribution >= 0.6 is 0 Å². The minimum Gasteiger partial charge on any atom is -0.436 e. The minimum atomic E-state index is 0.604. The molecule has 0 aliphatic carbocycles. The third-order valence-electron chi connectivity index (χ3n) is 4.00. The fourth-order valence-electron chi connectivity index (χ4n) is 2.68. The quantitative estimate of drug-likeness (QED) is 0.425. The van der Waals surface area contributed by atoms with Crippen molar-refractivity contribution in [2.75, 3.05) is 0 Å². The zero-order valence-corrected chi connectivity index (χ0v) is 13.4. The molecule has 0 atom stereocenters. The van der Waals surface area contributed by atoms with Crippen molar-refractivity contribution in [1.29, 1.82) is 0 Å². The third-order valence-corrected chi connectivity index (χ3v) is 4.00. The Balaban J connectivity index is 1.78. The number of benzene rings is 3. The predicted octanol–water partition coefficient (Wildman–Crippen LogP) is 5.05. The molecule has 3 aromatic carbocycles. The summed E-state index contributed by atoms with van der Waals surface area (Å²) in [5.74, 6) is 1.22. The van der Waals surface area contributed by atoms with Crippen LogP contribution in [0.5, 0.6) is 0 Å². The van der Waals surface area contributed by atoms with Gasteiger partial charge in [-0.05, 0) is 41.1 Å². The van der Waals surface area contributed by atoms with Crippen molar-refractivity contribution in [3.8, 4) is 11.5 Å². The molecular weight excluding hydrogens is 298 g/mol. The molecule has 4 aromatic rings. The summed E-state index contributed by atoms with van der Waals surface area (Å²) in [6.45, 7) is 1.98. The fourth-order valence-corrected chi connectivity index (χ4v) is 2.68. The summed E-state index contributed by atoms with van der Waals surface area (Å²) < 4.78 is 5.90. The molecule has 0 saturated carbocycles. The van der Waals surface area contributed by atoms with E-state index in [0.29, 0.717) is 11.7 Å². The van der Waals surface area contributed by atoms with E-state index in [-0.39, 0.29) is 0 Å². The van der Waals surface area contributed by atoms with Crippen molar-refractivity contribution in [2.24, 2.45) is 10.7 Å². The molecule has 4 heteroatoms. The van der Waals surface area contributed by atoms with Crippen molar-refractivity contribution in [2.45, 2.75) is 13.3 Å². The number of rotatable bonds is 3. The predicted molar refractivity (Wildman–Crippen MR) is 98.5 cm³/mol. The maximum Gasteiger partial charge on any atom is 0.227 e. The number of aromatic nitrogens is 1. The number of hydrogen-bond donors (Lipinski definition) is 1. The number of hydrogen-bond acceptors (Lipinski definition) is 3. The molecule has 4 nitrogen and oxygen atoms in total. The Kier molecular flexibility index (Phi) is 3.50. The monoisotopic (exact) mass is 315 g/mol. The molecule has 0 radical (unpaired) electrons. The zero-order valence-electron chi connectivity index (χ0n) is 13.4. The van der Waals surface area contributed by atoms with Crippen LogP contribution in [-0.2, 0) is 0 Å². The van der Waals surface area contributed by atoms with Gasteiger partial charge in [-0.25, -0.2) is 9.98 Å². The number of aliphatic imine (C=N–C) groups is 1. The highest BCUT2D eigenvalue weighted by molar-refractivity contribution is 5.88. The first-order valence-corrected chi connectivity index (χ1v) is 7.96. The van der Waals surface area contributed by atoms with Gasteiger partial charge >= 0.3 is 0 Å². The lowest BCUT2D eigenvalue weighted by molar-refractivity contribution is 0.620. The second kappa shape index (κ2) is 5.81. The Morgan fingerprint density at radius 2 is 1.88 bits per heavy atom. The highest BCUT2D eigenvalue weighted by Gasteiger charge is 2.09. The average molecular weight is 315 g/mol. The molecule has 0 aliphatic heterocycles. The lowest BCUT2D eigenvalue weighted by Crippen LogP contribution is -2.08. The minimum absolute atomic E-state index is 0.604. The highest BCUT2D eigenvalue weighted by Crippen LogP contribution is 2.29. The maximum absolute atomic E-state index is 5.90. The van der Waals surface area contributed by atoms with Gasteiger partial charge in [-0.2, -0.15) is 0 Å². The number of amidine groups is 1. The van der Waals surface area contributed by atoms with Crippen LogP contribution < -0.4 is 5.73 Å². The zero-order chi connectivity index (χ0) is 16.5. The van der Waals surface area contributed by atoms with Crippen molar-refractivity contribution >= 4 is 33.4 Å². The van der Waals surface area contributed by atoms with Gasteiger partial charge in [0, 0.05) is 12.0 Å². The summed E-state index contributed by atoms with van der Waals surface area (Å²) in [7, 11) is 0. The van der Waals surface area contributed by atoms with Crippen LogP contribution in [0.1, 0.15) is 13.3 Å². The molecule has 0 aliphatic rings. The van der Waals surface area contributed by atoms with Crippen molar-refractivity contribution in [3.63, 3.8) is 0 Å². The Hall–Kier alpha value is -3.14. The Morgan fingerprint density at radius 1 is 1.04 bits per heavy atom. The van der Waals surface area contributed by atoms with Crippen LogP contribution in [0.15, 0.2) is 70.1 Å². The smallest absolute Gasteiger partial charge is 0.227 e. The normalized spacial score (nSPS) is 12.1. The van der Waals surface area contributed by atoms with Gasteiger partial charge in [-0.15, -0.1) is 0 Å². The first-order chi connectivity index (χ1) is 11.7. The molecule has 24 heavy (non-hydrogen) atoms. The van der Waals surface area contributed by atoms with E-state index in [4.69, 9.17) is 10.2 Å². The lowest BCUT2D eigenvalue weighted by Gasteiger charge is -1.99. The lowest BCUT2D eigenvalue weighted by atomic mass is 10.1. The molecule has 4 rings (SSSR count). The van der Waals surface area contributed by atoms with Gasteiger partial charge < -0.3 is 10.2 Å². The van der Waals surface area contributed by atoms with Gasteiger partial charge in [0.15, 0.2) is 5.58 Å². The van der Waals surface area contributed by atoms with Gasteiger partial charge in [-0.3, -0.25) is 0 Å². The topological polar surface area (TPSA) is 64.4 Å². The van der Waals surface area contributed by atoms with Gasteiger partial charge in [0.25, 0.3) is 0 Å². The van der Waals surface area contributed by atoms with E-state index < -0.39 is 0 Å². The van der Waals surface area contributed by atoms with Crippen LogP contribution in [0.4, 0.5) is 5.69 Å². The van der Waals surface area contributed by atoms with Crippen LogP contribution in [0.3, 0.4) is 0 Å². The molecule has 1 heterocycles. The van der Waals surface area contributed by atoms with Crippen molar-refractivity contribution in [1.82, 2.24) is 4.98 Å². The Labute approximate surface area is 139 Å². The van der Waals surface area contributed by atoms with E-state index in [9.17, 15) is 0 Å². The summed E-state index contributed by atoms with van der Waals surface area (Å²) in [6, 6.07) is 20.1. The second-order valence-corrected chi connectivity index (χ2v) is 5.69. The molecule has 0 bridgehead atoms. The summed E-state index contributed by atoms with van der Waals surface area (Å²) in [5, 5.41) is 2.36. The molecule has 1 aromatic heterocycles. The summed E-state index contributed by atoms with van der Waals surface area (Å²) in [5.41, 5.74) is 9.08. The average Bonchev–Trinajstić information content (AvgIpc) is 3.04. The summed E-state index contributed by atoms with van der Waals surface area (Å²) in [4.78, 5) is 8.97. The molecule has 0 fully saturated rings. The van der Waals surface area contributed by atoms with E-state index in [2.05, 4.69) is 34.2 Å². The summed E-state index contributed by atoms with van der Waals surface area (Å²) >= 11 is 0. The second-order valence-electron chi connectivity index (χ2n) is 5.69. The van der Waals surface area contributed by atoms with Gasteiger partial charge in [0.05, 0.1) is 11.5 Å². The van der Waals surface area contributed by atoms with Gasteiger partial charge in [-0.1, -0.05) is 37.3 Å². The number of fused-ring (bicyclic) bond motifs is 2. The van der Waals surface area contributed by atoms with E-state index in [1.807, 2.05) is 43.3 Å². The third kappa shape index (κ3) is 2.63. The van der Waals surface area contributed by atoms with Crippen LogP contribution in [0.2, 0.25) is 0 Å². The standard InChI is InChI=1S/C20H17N3O/c1-2-19(21)22-16-9-10-18-17(12-16)23-20(24-18)15-8-7-13-5-3-4-6-14(13)11-15/h3-12H,2H2,1H3,(H2,21,22). The molecule has 0 amide bonds. The van der Waals surface area contributed by atoms with Crippen LogP contribution in [-0.4, -0.2) is 10.8 Å². The highest BCUT2D eigenvalue weighted by atomic mass is 16.3. The Bertz CT molecular complexity index is 1060. The van der Waals surface area contributed by atoms with Gasteiger partial charge in [0.2, 0.25) is 5.89 Å².